The maximum absolute atomic E-state index is 12.9. The van der Waals surface area contributed by atoms with Gasteiger partial charge in [0.05, 0.1) is 11.8 Å². The second kappa shape index (κ2) is 7.85. The Balaban J connectivity index is 1.49. The molecule has 0 bridgehead atoms. The number of benzene rings is 1. The summed E-state index contributed by atoms with van der Waals surface area (Å²) in [5.41, 5.74) is -0.692. The summed E-state index contributed by atoms with van der Waals surface area (Å²) >= 11 is 0. The van der Waals surface area contributed by atoms with Crippen molar-refractivity contribution < 1.29 is 30.8 Å². The third kappa shape index (κ3) is 4.26. The van der Waals surface area contributed by atoms with Crippen LogP contribution in [0.15, 0.2) is 41.1 Å². The Labute approximate surface area is 180 Å². The van der Waals surface area contributed by atoms with E-state index in [1.54, 1.807) is 6.92 Å². The molecule has 0 atom stereocenters. The first-order chi connectivity index (χ1) is 15.0. The molecule has 3 aromatic rings. The number of carbonyl (C=O) groups excluding carboxylic acids is 1. The zero-order chi connectivity index (χ0) is 23.1. The molecule has 170 valence electrons. The van der Waals surface area contributed by atoms with E-state index in [1.807, 2.05) is 4.72 Å². The monoisotopic (exact) mass is 470 g/mol. The number of aryl methyl sites for hydroxylation is 2. The molecule has 0 saturated heterocycles. The molecule has 0 spiro atoms. The minimum atomic E-state index is -4.54. The summed E-state index contributed by atoms with van der Waals surface area (Å²) in [4.78, 5) is 16.3. The second-order valence-corrected chi connectivity index (χ2v) is 8.56. The summed E-state index contributed by atoms with van der Waals surface area (Å²) < 4.78 is 73.7. The van der Waals surface area contributed by atoms with E-state index in [0.717, 1.165) is 22.7 Å². The molecule has 32 heavy (non-hydrogen) atoms. The lowest BCUT2D eigenvalue weighted by molar-refractivity contribution is -0.137. The van der Waals surface area contributed by atoms with E-state index in [2.05, 4.69) is 15.4 Å². The van der Waals surface area contributed by atoms with Crippen molar-refractivity contribution in [2.45, 2.75) is 26.1 Å². The fourth-order valence-corrected chi connectivity index (χ4v) is 4.36. The van der Waals surface area contributed by atoms with E-state index in [9.17, 15) is 26.4 Å². The van der Waals surface area contributed by atoms with Crippen LogP contribution in [-0.2, 0) is 22.9 Å². The van der Waals surface area contributed by atoms with Crippen LogP contribution < -0.4 is 14.3 Å². The number of fused-ring (bicyclic) bond motifs is 1. The Morgan fingerprint density at radius 3 is 2.75 bits per heavy atom. The molecule has 0 fully saturated rings. The Kier molecular flexibility index (Phi) is 5.32. The van der Waals surface area contributed by atoms with Gasteiger partial charge in [-0.25, -0.2) is 13.7 Å². The number of amides is 1. The van der Waals surface area contributed by atoms with Gasteiger partial charge in [-0.2, -0.15) is 31.7 Å². The number of oxazole rings is 1. The number of alkyl halides is 3. The Morgan fingerprint density at radius 2 is 2.00 bits per heavy atom. The highest BCUT2D eigenvalue weighted by atomic mass is 32.2. The van der Waals surface area contributed by atoms with Gasteiger partial charge >= 0.3 is 16.4 Å². The Morgan fingerprint density at radius 1 is 1.22 bits per heavy atom. The molecule has 0 saturated carbocycles. The number of hydrogen-bond acceptors (Lipinski definition) is 7. The predicted molar refractivity (Wildman–Crippen MR) is 107 cm³/mol. The molecule has 0 radical (unpaired) electrons. The smallest absolute Gasteiger partial charge is 0.416 e. The van der Waals surface area contributed by atoms with E-state index in [1.165, 1.54) is 23.0 Å². The van der Waals surface area contributed by atoms with Gasteiger partial charge in [0.2, 0.25) is 0 Å². The fourth-order valence-electron chi connectivity index (χ4n) is 3.14. The molecule has 1 amide bonds. The van der Waals surface area contributed by atoms with E-state index >= 15 is 0 Å². The molecule has 14 heteroatoms. The number of anilines is 3. The Bertz CT molecular complexity index is 1270. The first-order valence-corrected chi connectivity index (χ1v) is 10.8. The first kappa shape index (κ1) is 21.7. The summed E-state index contributed by atoms with van der Waals surface area (Å²) in [7, 11) is -4.25. The summed E-state index contributed by atoms with van der Waals surface area (Å²) in [6.45, 7) is 2.29. The van der Waals surface area contributed by atoms with Crippen LogP contribution in [-0.4, -0.2) is 35.6 Å². The summed E-state index contributed by atoms with van der Waals surface area (Å²) in [6, 6.07) is 4.33. The van der Waals surface area contributed by atoms with Gasteiger partial charge < -0.3 is 9.73 Å². The standard InChI is InChI=1S/C18H17F3N6O4S/c1-11-3-4-12(18(19,20)21)9-13(11)23-17-24-14(10-31-17)16(28)25-32(29,30)27-8-2-7-26-15(27)5-6-22-26/h3-6,9-10H,2,7-8H2,1H3,(H,23,24)(H,25,28). The quantitative estimate of drug-likeness (QED) is 0.588. The molecule has 3 heterocycles. The van der Waals surface area contributed by atoms with Crippen LogP contribution in [0.3, 0.4) is 0 Å². The van der Waals surface area contributed by atoms with Crippen molar-refractivity contribution in [3.8, 4) is 0 Å². The third-order valence-electron chi connectivity index (χ3n) is 4.74. The molecule has 4 rings (SSSR count). The minimum Gasteiger partial charge on any atom is -0.431 e. The molecule has 1 aliphatic rings. The lowest BCUT2D eigenvalue weighted by Crippen LogP contribution is -2.46. The number of rotatable bonds is 5. The van der Waals surface area contributed by atoms with Gasteiger partial charge in [-0.05, 0) is 31.0 Å². The third-order valence-corrected chi connectivity index (χ3v) is 6.13. The van der Waals surface area contributed by atoms with Crippen molar-refractivity contribution in [1.29, 1.82) is 0 Å². The first-order valence-electron chi connectivity index (χ1n) is 9.31. The van der Waals surface area contributed by atoms with Gasteiger partial charge in [0.1, 0.15) is 12.1 Å². The van der Waals surface area contributed by atoms with Gasteiger partial charge in [-0.1, -0.05) is 6.07 Å². The molecule has 0 aliphatic carbocycles. The van der Waals surface area contributed by atoms with Gasteiger partial charge in [0.25, 0.3) is 11.9 Å². The average Bonchev–Trinajstić information content (AvgIpc) is 3.37. The SMILES string of the molecule is Cc1ccc(C(F)(F)F)cc1Nc1nc(C(=O)NS(=O)(=O)N2CCCn3nccc32)co1. The van der Waals surface area contributed by atoms with Crippen LogP contribution in [0.5, 0.6) is 0 Å². The maximum Gasteiger partial charge on any atom is 0.416 e. The molecule has 2 N–H and O–H groups in total. The number of halogens is 3. The molecule has 10 nitrogen and oxygen atoms in total. The van der Waals surface area contributed by atoms with Crippen LogP contribution in [0.1, 0.15) is 28.0 Å². The normalized spacial score (nSPS) is 14.2. The minimum absolute atomic E-state index is 0.0721. The number of nitrogens with one attached hydrogen (secondary N) is 2. The predicted octanol–water partition coefficient (Wildman–Crippen LogP) is 2.83. The average molecular weight is 470 g/mol. The highest BCUT2D eigenvalue weighted by Gasteiger charge is 2.32. The van der Waals surface area contributed by atoms with Crippen molar-refractivity contribution in [2.24, 2.45) is 0 Å². The van der Waals surface area contributed by atoms with E-state index < -0.39 is 27.9 Å². The van der Waals surface area contributed by atoms with Crippen molar-refractivity contribution in [3.63, 3.8) is 0 Å². The van der Waals surface area contributed by atoms with Crippen molar-refractivity contribution in [2.75, 3.05) is 16.2 Å². The van der Waals surface area contributed by atoms with Crippen molar-refractivity contribution in [3.05, 3.63) is 53.5 Å². The maximum atomic E-state index is 12.9. The lowest BCUT2D eigenvalue weighted by atomic mass is 10.1. The number of nitrogens with zero attached hydrogens (tertiary/aromatic N) is 4. The van der Waals surface area contributed by atoms with Crippen LogP contribution in [0.25, 0.3) is 0 Å². The molecule has 0 unspecified atom stereocenters. The molecule has 2 aromatic heterocycles. The van der Waals surface area contributed by atoms with Gasteiger partial charge in [-0.15, -0.1) is 0 Å². The van der Waals surface area contributed by atoms with Crippen molar-refractivity contribution in [1.82, 2.24) is 19.5 Å². The molecular weight excluding hydrogens is 453 g/mol. The lowest BCUT2D eigenvalue weighted by Gasteiger charge is -2.28. The topological polar surface area (TPSA) is 122 Å². The molecular formula is C18H17F3N6O4S. The van der Waals surface area contributed by atoms with Crippen LogP contribution >= 0.6 is 0 Å². The summed E-state index contributed by atoms with van der Waals surface area (Å²) in [5, 5.41) is 6.59. The number of carbonyl (C=O) groups is 1. The zero-order valence-electron chi connectivity index (χ0n) is 16.5. The van der Waals surface area contributed by atoms with Crippen LogP contribution in [0.4, 0.5) is 30.7 Å². The zero-order valence-corrected chi connectivity index (χ0v) is 17.4. The van der Waals surface area contributed by atoms with Crippen molar-refractivity contribution >= 4 is 33.6 Å². The fraction of sp³-hybridized carbons (Fsp3) is 0.278. The molecule has 1 aliphatic heterocycles. The van der Waals surface area contributed by atoms with E-state index in [4.69, 9.17) is 4.42 Å². The van der Waals surface area contributed by atoms with E-state index in [0.29, 0.717) is 24.3 Å². The number of hydrogen-bond donors (Lipinski definition) is 2. The van der Waals surface area contributed by atoms with Crippen LogP contribution in [0.2, 0.25) is 0 Å². The number of aromatic nitrogens is 3. The van der Waals surface area contributed by atoms with Crippen LogP contribution in [0, 0.1) is 6.92 Å². The van der Waals surface area contributed by atoms with Gasteiger partial charge in [0.15, 0.2) is 5.69 Å². The van der Waals surface area contributed by atoms with E-state index in [-0.39, 0.29) is 23.9 Å². The highest BCUT2D eigenvalue weighted by molar-refractivity contribution is 7.91. The highest BCUT2D eigenvalue weighted by Crippen LogP contribution is 2.33. The van der Waals surface area contributed by atoms with Gasteiger partial charge in [-0.3, -0.25) is 4.79 Å². The summed E-state index contributed by atoms with van der Waals surface area (Å²) in [6.07, 6.45) is -1.67. The van der Waals surface area contributed by atoms with Gasteiger partial charge in [0, 0.05) is 24.8 Å². The largest absolute Gasteiger partial charge is 0.431 e. The second-order valence-electron chi connectivity index (χ2n) is 6.96. The molecule has 1 aromatic carbocycles. The summed E-state index contributed by atoms with van der Waals surface area (Å²) in [5.74, 6) is -0.738. The Hall–Kier alpha value is -3.55.